The molecule has 0 radical (unpaired) electrons. The van der Waals surface area contributed by atoms with Crippen LogP contribution < -0.4 is 5.32 Å². The average Bonchev–Trinajstić information content (AvgIpc) is 2.31. The van der Waals surface area contributed by atoms with Crippen LogP contribution in [0.3, 0.4) is 0 Å². The summed E-state index contributed by atoms with van der Waals surface area (Å²) in [5, 5.41) is 13.1. The Kier molecular flexibility index (Phi) is 5.90. The molecule has 0 saturated carbocycles. The molecule has 1 aliphatic heterocycles. The van der Waals surface area contributed by atoms with E-state index in [1.807, 2.05) is 0 Å². The van der Waals surface area contributed by atoms with Crippen molar-refractivity contribution in [3.63, 3.8) is 0 Å². The first-order valence-corrected chi connectivity index (χ1v) is 7.10. The monoisotopic (exact) mass is 242 g/mol. The molecule has 1 saturated heterocycles. The van der Waals surface area contributed by atoms with Gasteiger partial charge in [-0.3, -0.25) is 4.90 Å². The predicted octanol–water partition coefficient (Wildman–Crippen LogP) is 1.86. The van der Waals surface area contributed by atoms with Gasteiger partial charge in [0.1, 0.15) is 0 Å². The smallest absolute Gasteiger partial charge is 0.0623 e. The van der Waals surface area contributed by atoms with Crippen molar-refractivity contribution < 1.29 is 5.11 Å². The van der Waals surface area contributed by atoms with E-state index >= 15 is 0 Å². The van der Waals surface area contributed by atoms with Crippen molar-refractivity contribution in [2.75, 3.05) is 26.2 Å². The molecule has 3 heteroatoms. The molecular formula is C14H30N2O. The Morgan fingerprint density at radius 1 is 1.35 bits per heavy atom. The van der Waals surface area contributed by atoms with Gasteiger partial charge in [0.2, 0.25) is 0 Å². The summed E-state index contributed by atoms with van der Waals surface area (Å²) in [5.74, 6) is 0.792. The summed E-state index contributed by atoms with van der Waals surface area (Å²) < 4.78 is 0. The topological polar surface area (TPSA) is 35.5 Å². The molecular weight excluding hydrogens is 212 g/mol. The van der Waals surface area contributed by atoms with Gasteiger partial charge in [0.05, 0.1) is 12.1 Å². The lowest BCUT2D eigenvalue weighted by Gasteiger charge is -2.42. The summed E-state index contributed by atoms with van der Waals surface area (Å²) in [6.07, 6.45) is 3.74. The van der Waals surface area contributed by atoms with Crippen molar-refractivity contribution in [1.82, 2.24) is 10.2 Å². The Morgan fingerprint density at radius 3 is 2.65 bits per heavy atom. The Balaban J connectivity index is 2.53. The lowest BCUT2D eigenvalue weighted by Crippen LogP contribution is -2.57. The molecule has 0 bridgehead atoms. The largest absolute Gasteiger partial charge is 0.394 e. The number of nitrogens with zero attached hydrogens (tertiary/aromatic N) is 1. The number of hydrogen-bond acceptors (Lipinski definition) is 3. The SMILES string of the molecule is CCCNC(C)(CO)CN1CC(C)CCC1C. The van der Waals surface area contributed by atoms with Crippen molar-refractivity contribution in [1.29, 1.82) is 0 Å². The van der Waals surface area contributed by atoms with Gasteiger partial charge in [-0.2, -0.15) is 0 Å². The van der Waals surface area contributed by atoms with E-state index in [9.17, 15) is 5.11 Å². The Labute approximate surface area is 107 Å². The summed E-state index contributed by atoms with van der Waals surface area (Å²) in [6, 6.07) is 0.653. The van der Waals surface area contributed by atoms with Crippen LogP contribution in [0.25, 0.3) is 0 Å². The van der Waals surface area contributed by atoms with Crippen molar-refractivity contribution in [3.8, 4) is 0 Å². The molecule has 1 aliphatic rings. The minimum absolute atomic E-state index is 0.151. The summed E-state index contributed by atoms with van der Waals surface area (Å²) in [7, 11) is 0. The van der Waals surface area contributed by atoms with Crippen molar-refractivity contribution in [2.45, 2.75) is 58.5 Å². The quantitative estimate of drug-likeness (QED) is 0.746. The Morgan fingerprint density at radius 2 is 2.06 bits per heavy atom. The number of aliphatic hydroxyl groups excluding tert-OH is 1. The summed E-state index contributed by atoms with van der Waals surface area (Å²) >= 11 is 0. The van der Waals surface area contributed by atoms with Crippen LogP contribution in [0.5, 0.6) is 0 Å². The molecule has 0 aromatic rings. The zero-order valence-corrected chi connectivity index (χ0v) is 12.0. The lowest BCUT2D eigenvalue weighted by molar-refractivity contribution is 0.0634. The van der Waals surface area contributed by atoms with E-state index in [1.54, 1.807) is 0 Å². The molecule has 2 N–H and O–H groups in total. The van der Waals surface area contributed by atoms with Crippen LogP contribution >= 0.6 is 0 Å². The maximum Gasteiger partial charge on any atom is 0.0623 e. The van der Waals surface area contributed by atoms with Crippen molar-refractivity contribution in [2.24, 2.45) is 5.92 Å². The van der Waals surface area contributed by atoms with Gasteiger partial charge < -0.3 is 10.4 Å². The standard InChI is InChI=1S/C14H30N2O/c1-5-8-15-14(4,11-17)10-16-9-12(2)6-7-13(16)3/h12-13,15,17H,5-11H2,1-4H3. The van der Waals surface area contributed by atoms with Crippen molar-refractivity contribution >= 4 is 0 Å². The molecule has 1 heterocycles. The predicted molar refractivity (Wildman–Crippen MR) is 73.2 cm³/mol. The molecule has 0 spiro atoms. The van der Waals surface area contributed by atoms with E-state index in [1.165, 1.54) is 19.4 Å². The maximum absolute atomic E-state index is 9.61. The van der Waals surface area contributed by atoms with E-state index in [4.69, 9.17) is 0 Å². The second-order valence-corrected chi connectivity index (χ2v) is 6.11. The molecule has 1 fully saturated rings. The first-order valence-electron chi connectivity index (χ1n) is 7.10. The van der Waals surface area contributed by atoms with E-state index in [0.29, 0.717) is 6.04 Å². The summed E-state index contributed by atoms with van der Waals surface area (Å²) in [5.41, 5.74) is -0.151. The van der Waals surface area contributed by atoms with Gasteiger partial charge in [0.15, 0.2) is 0 Å². The third kappa shape index (κ3) is 4.57. The van der Waals surface area contributed by atoms with Crippen LogP contribution in [0.4, 0.5) is 0 Å². The van der Waals surface area contributed by atoms with E-state index < -0.39 is 0 Å². The molecule has 0 aliphatic carbocycles. The van der Waals surface area contributed by atoms with Crippen LogP contribution in [0.2, 0.25) is 0 Å². The molecule has 0 aromatic carbocycles. The molecule has 0 amide bonds. The minimum atomic E-state index is -0.151. The van der Waals surface area contributed by atoms with Gasteiger partial charge in [-0.05, 0) is 45.6 Å². The Hall–Kier alpha value is -0.120. The lowest BCUT2D eigenvalue weighted by atomic mass is 9.92. The minimum Gasteiger partial charge on any atom is -0.394 e. The fraction of sp³-hybridized carbons (Fsp3) is 1.00. The number of rotatable bonds is 6. The van der Waals surface area contributed by atoms with Gasteiger partial charge in [-0.25, -0.2) is 0 Å². The van der Waals surface area contributed by atoms with Gasteiger partial charge in [0.25, 0.3) is 0 Å². The van der Waals surface area contributed by atoms with Gasteiger partial charge in [-0.15, -0.1) is 0 Å². The normalized spacial score (nSPS) is 30.2. The highest BCUT2D eigenvalue weighted by Gasteiger charge is 2.30. The number of likely N-dealkylation sites (tertiary alicyclic amines) is 1. The van der Waals surface area contributed by atoms with Gasteiger partial charge in [-0.1, -0.05) is 13.8 Å². The fourth-order valence-corrected chi connectivity index (χ4v) is 2.64. The third-order valence-corrected chi connectivity index (χ3v) is 3.95. The molecule has 1 rings (SSSR count). The van der Waals surface area contributed by atoms with Crippen LogP contribution in [0, 0.1) is 5.92 Å². The Bertz CT molecular complexity index is 222. The second kappa shape index (κ2) is 6.72. The highest BCUT2D eigenvalue weighted by Crippen LogP contribution is 2.23. The van der Waals surface area contributed by atoms with Gasteiger partial charge >= 0.3 is 0 Å². The average molecular weight is 242 g/mol. The van der Waals surface area contributed by atoms with E-state index in [-0.39, 0.29) is 12.1 Å². The molecule has 3 nitrogen and oxygen atoms in total. The summed E-state index contributed by atoms with van der Waals surface area (Å²) in [6.45, 7) is 12.3. The number of hydrogen-bond donors (Lipinski definition) is 2. The molecule has 17 heavy (non-hydrogen) atoms. The van der Waals surface area contributed by atoms with Crippen LogP contribution in [-0.2, 0) is 0 Å². The van der Waals surface area contributed by atoms with Crippen LogP contribution in [0.15, 0.2) is 0 Å². The number of nitrogens with one attached hydrogen (secondary N) is 1. The third-order valence-electron chi connectivity index (χ3n) is 3.95. The maximum atomic E-state index is 9.61. The van der Waals surface area contributed by atoms with Crippen molar-refractivity contribution in [3.05, 3.63) is 0 Å². The first-order chi connectivity index (χ1) is 8.00. The highest BCUT2D eigenvalue weighted by molar-refractivity contribution is 4.89. The molecule has 102 valence electrons. The molecule has 0 aromatic heterocycles. The fourth-order valence-electron chi connectivity index (χ4n) is 2.64. The summed E-state index contributed by atoms with van der Waals surface area (Å²) in [4.78, 5) is 2.53. The van der Waals surface area contributed by atoms with E-state index in [2.05, 4.69) is 37.9 Å². The van der Waals surface area contributed by atoms with Gasteiger partial charge in [0, 0.05) is 19.1 Å². The zero-order valence-electron chi connectivity index (χ0n) is 12.0. The molecule has 3 atom stereocenters. The highest BCUT2D eigenvalue weighted by atomic mass is 16.3. The van der Waals surface area contributed by atoms with Crippen LogP contribution in [-0.4, -0.2) is 47.8 Å². The number of piperidine rings is 1. The first kappa shape index (κ1) is 14.9. The van der Waals surface area contributed by atoms with E-state index in [0.717, 1.165) is 25.4 Å². The number of aliphatic hydroxyl groups is 1. The van der Waals surface area contributed by atoms with Crippen LogP contribution in [0.1, 0.15) is 47.0 Å². The molecule has 3 unspecified atom stereocenters. The zero-order chi connectivity index (χ0) is 12.9. The second-order valence-electron chi connectivity index (χ2n) is 6.11.